The number of ether oxygens (including phenoxy) is 1. The number of rotatable bonds is 5. The highest BCUT2D eigenvalue weighted by atomic mass is 16.5. The Kier molecular flexibility index (Phi) is 5.75. The normalized spacial score (nSPS) is 11.2. The van der Waals surface area contributed by atoms with Gasteiger partial charge in [0.05, 0.1) is 0 Å². The maximum Gasteiger partial charge on any atom is 0.311 e. The van der Waals surface area contributed by atoms with Crippen molar-refractivity contribution in [1.82, 2.24) is 0 Å². The summed E-state index contributed by atoms with van der Waals surface area (Å²) in [5.74, 6) is 0.380. The Bertz CT molecular complexity index is 870. The molecule has 0 aliphatic carbocycles. The minimum absolute atomic E-state index is 0.142. The zero-order valence-corrected chi connectivity index (χ0v) is 16.2. The first-order chi connectivity index (χ1) is 12.9. The number of hydrogen-bond acceptors (Lipinski definition) is 2. The van der Waals surface area contributed by atoms with Crippen LogP contribution in [0.15, 0.2) is 78.9 Å². The summed E-state index contributed by atoms with van der Waals surface area (Å²) in [4.78, 5) is 12.1. The summed E-state index contributed by atoms with van der Waals surface area (Å²) in [6, 6.07) is 26.3. The van der Waals surface area contributed by atoms with Gasteiger partial charge in [0.2, 0.25) is 0 Å². The number of esters is 1. The van der Waals surface area contributed by atoms with Crippen molar-refractivity contribution in [3.8, 4) is 16.9 Å². The summed E-state index contributed by atoms with van der Waals surface area (Å²) in [6.07, 6.45) is 1.06. The second-order valence-corrected chi connectivity index (χ2v) is 7.81. The molecular weight excluding hydrogens is 332 g/mol. The van der Waals surface area contributed by atoms with Crippen LogP contribution in [0.2, 0.25) is 0 Å². The second kappa shape index (κ2) is 8.22. The number of carbonyl (C=O) groups is 1. The van der Waals surface area contributed by atoms with Crippen LogP contribution in [-0.2, 0) is 16.6 Å². The molecule has 0 aliphatic heterocycles. The number of carbonyl (C=O) groups excluding carboxylic acids is 1. The molecule has 0 N–H and O–H groups in total. The molecule has 0 fully saturated rings. The van der Waals surface area contributed by atoms with Gasteiger partial charge in [-0.15, -0.1) is 0 Å². The Morgan fingerprint density at radius 3 is 1.96 bits per heavy atom. The highest BCUT2D eigenvalue weighted by Gasteiger charge is 2.13. The molecule has 2 heteroatoms. The molecular formula is C25H26O2. The van der Waals surface area contributed by atoms with Gasteiger partial charge in [-0.3, -0.25) is 4.79 Å². The lowest BCUT2D eigenvalue weighted by molar-refractivity contribution is -0.134. The summed E-state index contributed by atoms with van der Waals surface area (Å²) in [7, 11) is 0. The van der Waals surface area contributed by atoms with Crippen molar-refractivity contribution in [3.05, 3.63) is 90.0 Å². The van der Waals surface area contributed by atoms with Crippen molar-refractivity contribution < 1.29 is 9.53 Å². The third-order valence-corrected chi connectivity index (χ3v) is 4.63. The fraction of sp³-hybridized carbons (Fsp3) is 0.240. The van der Waals surface area contributed by atoms with Gasteiger partial charge in [0.25, 0.3) is 0 Å². The zero-order chi connectivity index (χ0) is 19.3. The topological polar surface area (TPSA) is 26.3 Å². The monoisotopic (exact) mass is 358 g/mol. The van der Waals surface area contributed by atoms with E-state index < -0.39 is 0 Å². The third-order valence-electron chi connectivity index (χ3n) is 4.63. The first kappa shape index (κ1) is 18.9. The maximum absolute atomic E-state index is 12.1. The van der Waals surface area contributed by atoms with E-state index in [0.717, 1.165) is 16.7 Å². The van der Waals surface area contributed by atoms with Crippen molar-refractivity contribution in [3.63, 3.8) is 0 Å². The summed E-state index contributed by atoms with van der Waals surface area (Å²) in [5, 5.41) is 0. The van der Waals surface area contributed by atoms with Crippen LogP contribution < -0.4 is 4.74 Å². The Morgan fingerprint density at radius 1 is 0.778 bits per heavy atom. The molecule has 3 rings (SSSR count). The summed E-state index contributed by atoms with van der Waals surface area (Å²) >= 11 is 0. The minimum Gasteiger partial charge on any atom is -0.427 e. The molecule has 0 heterocycles. The maximum atomic E-state index is 12.1. The molecule has 3 aromatic rings. The van der Waals surface area contributed by atoms with E-state index in [2.05, 4.69) is 57.2 Å². The van der Waals surface area contributed by atoms with Gasteiger partial charge in [0, 0.05) is 6.42 Å². The number of benzene rings is 3. The Labute approximate surface area is 161 Å². The van der Waals surface area contributed by atoms with E-state index >= 15 is 0 Å². The molecule has 138 valence electrons. The molecule has 3 aromatic carbocycles. The lowest BCUT2D eigenvalue weighted by Crippen LogP contribution is -2.11. The average molecular weight is 358 g/mol. The van der Waals surface area contributed by atoms with E-state index in [-0.39, 0.29) is 11.4 Å². The molecule has 0 saturated heterocycles. The van der Waals surface area contributed by atoms with Gasteiger partial charge in [-0.25, -0.2) is 0 Å². The molecule has 0 bridgehead atoms. The van der Waals surface area contributed by atoms with Crippen LogP contribution in [0.3, 0.4) is 0 Å². The van der Waals surface area contributed by atoms with Crippen LogP contribution in [0.1, 0.15) is 38.3 Å². The van der Waals surface area contributed by atoms with Crippen molar-refractivity contribution >= 4 is 5.97 Å². The van der Waals surface area contributed by atoms with E-state index in [0.29, 0.717) is 18.6 Å². The fourth-order valence-electron chi connectivity index (χ4n) is 2.95. The van der Waals surface area contributed by atoms with E-state index in [1.165, 1.54) is 5.56 Å². The quantitative estimate of drug-likeness (QED) is 0.401. The van der Waals surface area contributed by atoms with E-state index in [1.54, 1.807) is 0 Å². The van der Waals surface area contributed by atoms with Crippen molar-refractivity contribution in [2.24, 2.45) is 0 Å². The molecule has 0 spiro atoms. The van der Waals surface area contributed by atoms with Crippen LogP contribution in [0, 0.1) is 0 Å². The largest absolute Gasteiger partial charge is 0.427 e. The van der Waals surface area contributed by atoms with Crippen LogP contribution in [-0.4, -0.2) is 5.97 Å². The molecule has 2 nitrogen and oxygen atoms in total. The van der Waals surface area contributed by atoms with Gasteiger partial charge in [0.1, 0.15) is 5.75 Å². The van der Waals surface area contributed by atoms with Crippen LogP contribution in [0.5, 0.6) is 5.75 Å². The SMILES string of the molecule is CC(C)(C)c1ccc(CCC(=O)Oc2ccc(-c3ccccc3)cc2)cc1. The van der Waals surface area contributed by atoms with Gasteiger partial charge >= 0.3 is 5.97 Å². The van der Waals surface area contributed by atoms with Gasteiger partial charge in [-0.1, -0.05) is 87.5 Å². The van der Waals surface area contributed by atoms with Gasteiger partial charge in [-0.2, -0.15) is 0 Å². The van der Waals surface area contributed by atoms with Crippen molar-refractivity contribution in [1.29, 1.82) is 0 Å². The number of aryl methyl sites for hydroxylation is 1. The predicted molar refractivity (Wildman–Crippen MR) is 111 cm³/mol. The fourth-order valence-corrected chi connectivity index (χ4v) is 2.95. The first-order valence-electron chi connectivity index (χ1n) is 9.37. The highest BCUT2D eigenvalue weighted by molar-refractivity contribution is 5.73. The average Bonchev–Trinajstić information content (AvgIpc) is 2.67. The first-order valence-corrected chi connectivity index (χ1v) is 9.37. The summed E-state index contributed by atoms with van der Waals surface area (Å²) in [6.45, 7) is 6.59. The summed E-state index contributed by atoms with van der Waals surface area (Å²) in [5.41, 5.74) is 4.85. The van der Waals surface area contributed by atoms with Crippen molar-refractivity contribution in [2.75, 3.05) is 0 Å². The minimum atomic E-state index is -0.206. The lowest BCUT2D eigenvalue weighted by Gasteiger charge is -2.19. The Hall–Kier alpha value is -2.87. The van der Waals surface area contributed by atoms with Crippen LogP contribution >= 0.6 is 0 Å². The lowest BCUT2D eigenvalue weighted by atomic mass is 9.86. The Balaban J connectivity index is 1.53. The zero-order valence-electron chi connectivity index (χ0n) is 16.2. The van der Waals surface area contributed by atoms with E-state index in [4.69, 9.17) is 4.74 Å². The molecule has 0 radical (unpaired) electrons. The molecule has 0 aromatic heterocycles. The Morgan fingerprint density at radius 2 is 1.37 bits per heavy atom. The second-order valence-electron chi connectivity index (χ2n) is 7.81. The van der Waals surface area contributed by atoms with E-state index in [1.807, 2.05) is 42.5 Å². The van der Waals surface area contributed by atoms with Crippen LogP contribution in [0.4, 0.5) is 0 Å². The molecule has 27 heavy (non-hydrogen) atoms. The van der Waals surface area contributed by atoms with Crippen LogP contribution in [0.25, 0.3) is 11.1 Å². The predicted octanol–water partition coefficient (Wildman–Crippen LogP) is 6.19. The van der Waals surface area contributed by atoms with Gasteiger partial charge < -0.3 is 4.74 Å². The highest BCUT2D eigenvalue weighted by Crippen LogP contribution is 2.24. The summed E-state index contributed by atoms with van der Waals surface area (Å²) < 4.78 is 5.47. The smallest absolute Gasteiger partial charge is 0.311 e. The standard InChI is InChI=1S/C25H26O2/c1-25(2,3)22-14-9-19(10-15-22)11-18-24(26)27-23-16-12-21(13-17-23)20-7-5-4-6-8-20/h4-10,12-17H,11,18H2,1-3H3. The van der Waals surface area contributed by atoms with Crippen molar-refractivity contribution in [2.45, 2.75) is 39.0 Å². The molecule has 0 saturated carbocycles. The van der Waals surface area contributed by atoms with E-state index in [9.17, 15) is 4.79 Å². The third kappa shape index (κ3) is 5.30. The molecule has 0 amide bonds. The van der Waals surface area contributed by atoms with Gasteiger partial charge in [0.15, 0.2) is 0 Å². The molecule has 0 atom stereocenters. The van der Waals surface area contributed by atoms with Gasteiger partial charge in [-0.05, 0) is 46.2 Å². The molecule has 0 unspecified atom stereocenters. The molecule has 0 aliphatic rings. The number of hydrogen-bond donors (Lipinski definition) is 0.